The molecule has 0 atom stereocenters. The van der Waals surface area contributed by atoms with Gasteiger partial charge in [-0.25, -0.2) is 0 Å². The van der Waals surface area contributed by atoms with Gasteiger partial charge in [-0.15, -0.1) is 0 Å². The molecule has 0 nitrogen and oxygen atoms in total. The lowest BCUT2D eigenvalue weighted by Gasteiger charge is -1.98. The zero-order valence-corrected chi connectivity index (χ0v) is 11.1. The summed E-state index contributed by atoms with van der Waals surface area (Å²) in [5.74, 6) is 6.18. The van der Waals surface area contributed by atoms with Crippen LogP contribution in [-0.2, 0) is 0 Å². The Kier molecular flexibility index (Phi) is 3.62. The molecule has 3 rings (SSSR count). The van der Waals surface area contributed by atoms with Crippen LogP contribution in [0.15, 0.2) is 78.9 Å². The standard InChI is InChI=1S/C20H14/c1-2-8-17(9-3-1)10-4-5-11-18-14-15-19-12-6-7-13-20(19)16-18/h1-3,5-9,11-16H/b11-5+. The van der Waals surface area contributed by atoms with Crippen molar-refractivity contribution in [1.29, 1.82) is 0 Å². The van der Waals surface area contributed by atoms with E-state index in [-0.39, 0.29) is 0 Å². The summed E-state index contributed by atoms with van der Waals surface area (Å²) in [6, 6.07) is 24.8. The number of fused-ring (bicyclic) bond motifs is 1. The third-order valence-corrected chi connectivity index (χ3v) is 3.12. The van der Waals surface area contributed by atoms with Crippen LogP contribution < -0.4 is 0 Å². The van der Waals surface area contributed by atoms with Gasteiger partial charge in [0, 0.05) is 5.56 Å². The predicted molar refractivity (Wildman–Crippen MR) is 86.3 cm³/mol. The molecule has 20 heavy (non-hydrogen) atoms. The summed E-state index contributed by atoms with van der Waals surface area (Å²) in [5, 5.41) is 2.52. The summed E-state index contributed by atoms with van der Waals surface area (Å²) in [7, 11) is 0. The SMILES string of the molecule is C(#Cc1ccccc1)/C=C/c1ccc2ccccc2c1. The van der Waals surface area contributed by atoms with Crippen LogP contribution in [0.5, 0.6) is 0 Å². The van der Waals surface area contributed by atoms with E-state index >= 15 is 0 Å². The third-order valence-electron chi connectivity index (χ3n) is 3.12. The molecule has 0 aliphatic carbocycles. The molecule has 0 bridgehead atoms. The van der Waals surface area contributed by atoms with Crippen LogP contribution in [0, 0.1) is 11.8 Å². The zero-order valence-electron chi connectivity index (χ0n) is 11.1. The molecule has 3 aromatic carbocycles. The lowest BCUT2D eigenvalue weighted by Crippen LogP contribution is -1.74. The molecule has 94 valence electrons. The van der Waals surface area contributed by atoms with Gasteiger partial charge in [-0.3, -0.25) is 0 Å². The molecule has 3 aromatic rings. The summed E-state index contributed by atoms with van der Waals surface area (Å²) in [6.45, 7) is 0. The summed E-state index contributed by atoms with van der Waals surface area (Å²) in [6.07, 6.45) is 3.94. The predicted octanol–water partition coefficient (Wildman–Crippen LogP) is 4.90. The van der Waals surface area contributed by atoms with Crippen LogP contribution in [-0.4, -0.2) is 0 Å². The first-order valence-corrected chi connectivity index (χ1v) is 6.64. The maximum absolute atomic E-state index is 3.12. The van der Waals surface area contributed by atoms with E-state index in [2.05, 4.69) is 54.3 Å². The minimum atomic E-state index is 1.04. The van der Waals surface area contributed by atoms with Crippen molar-refractivity contribution in [3.05, 3.63) is 90.0 Å². The van der Waals surface area contributed by atoms with E-state index in [0.29, 0.717) is 0 Å². The number of rotatable bonds is 1. The Morgan fingerprint density at radius 3 is 2.30 bits per heavy atom. The topological polar surface area (TPSA) is 0 Å². The highest BCUT2D eigenvalue weighted by atomic mass is 14.0. The smallest absolute Gasteiger partial charge is 0.0248 e. The average Bonchev–Trinajstić information content (AvgIpc) is 2.52. The molecule has 0 radical (unpaired) electrons. The maximum atomic E-state index is 3.12. The van der Waals surface area contributed by atoms with Crippen molar-refractivity contribution < 1.29 is 0 Å². The second-order valence-corrected chi connectivity index (χ2v) is 4.58. The molecule has 0 spiro atoms. The highest BCUT2D eigenvalue weighted by Gasteiger charge is 1.91. The van der Waals surface area contributed by atoms with Gasteiger partial charge in [0.2, 0.25) is 0 Å². The van der Waals surface area contributed by atoms with Gasteiger partial charge in [-0.1, -0.05) is 66.4 Å². The highest BCUT2D eigenvalue weighted by Crippen LogP contribution is 2.16. The minimum absolute atomic E-state index is 1.04. The molecule has 0 aliphatic rings. The first-order valence-electron chi connectivity index (χ1n) is 6.64. The van der Waals surface area contributed by atoms with Crippen LogP contribution in [0.1, 0.15) is 11.1 Å². The molecule has 0 heterocycles. The van der Waals surface area contributed by atoms with Gasteiger partial charge < -0.3 is 0 Å². The van der Waals surface area contributed by atoms with Gasteiger partial charge in [-0.2, -0.15) is 0 Å². The van der Waals surface area contributed by atoms with Crippen molar-refractivity contribution in [1.82, 2.24) is 0 Å². The van der Waals surface area contributed by atoms with Crippen molar-refractivity contribution in [3.63, 3.8) is 0 Å². The molecule has 0 heteroatoms. The lowest BCUT2D eigenvalue weighted by molar-refractivity contribution is 1.65. The van der Waals surface area contributed by atoms with Crippen LogP contribution in [0.4, 0.5) is 0 Å². The largest absolute Gasteiger partial charge is 0.0696 e. The Labute approximate surface area is 119 Å². The third kappa shape index (κ3) is 2.96. The quantitative estimate of drug-likeness (QED) is 0.541. The van der Waals surface area contributed by atoms with Crippen molar-refractivity contribution >= 4 is 16.8 Å². The molecule has 0 saturated carbocycles. The van der Waals surface area contributed by atoms with E-state index in [0.717, 1.165) is 5.56 Å². The Bertz CT molecular complexity index is 799. The van der Waals surface area contributed by atoms with Gasteiger partial charge in [0.05, 0.1) is 0 Å². The second kappa shape index (κ2) is 5.91. The van der Waals surface area contributed by atoms with E-state index in [1.807, 2.05) is 42.5 Å². The maximum Gasteiger partial charge on any atom is 0.0248 e. The first kappa shape index (κ1) is 12.3. The van der Waals surface area contributed by atoms with Crippen LogP contribution in [0.25, 0.3) is 16.8 Å². The molecule has 0 fully saturated rings. The highest BCUT2D eigenvalue weighted by molar-refractivity contribution is 5.84. The Balaban J connectivity index is 1.79. The number of hydrogen-bond donors (Lipinski definition) is 0. The monoisotopic (exact) mass is 254 g/mol. The Morgan fingerprint density at radius 2 is 1.45 bits per heavy atom. The normalized spacial score (nSPS) is 10.4. The Morgan fingerprint density at radius 1 is 0.700 bits per heavy atom. The Hall–Kier alpha value is -2.78. The van der Waals surface area contributed by atoms with E-state index in [9.17, 15) is 0 Å². The van der Waals surface area contributed by atoms with Gasteiger partial charge in [0.25, 0.3) is 0 Å². The van der Waals surface area contributed by atoms with Crippen molar-refractivity contribution in [2.75, 3.05) is 0 Å². The van der Waals surface area contributed by atoms with Crippen molar-refractivity contribution in [2.45, 2.75) is 0 Å². The van der Waals surface area contributed by atoms with Gasteiger partial charge >= 0.3 is 0 Å². The molecule has 0 N–H and O–H groups in total. The van der Waals surface area contributed by atoms with E-state index < -0.39 is 0 Å². The summed E-state index contributed by atoms with van der Waals surface area (Å²) >= 11 is 0. The molecule has 0 aromatic heterocycles. The molecular formula is C20H14. The van der Waals surface area contributed by atoms with E-state index in [1.165, 1.54) is 16.3 Å². The van der Waals surface area contributed by atoms with Crippen molar-refractivity contribution in [2.24, 2.45) is 0 Å². The number of hydrogen-bond acceptors (Lipinski definition) is 0. The number of benzene rings is 3. The van der Waals surface area contributed by atoms with Gasteiger partial charge in [0.1, 0.15) is 0 Å². The van der Waals surface area contributed by atoms with E-state index in [1.54, 1.807) is 0 Å². The van der Waals surface area contributed by atoms with Crippen LogP contribution in [0.2, 0.25) is 0 Å². The number of allylic oxidation sites excluding steroid dienone is 1. The van der Waals surface area contributed by atoms with Crippen LogP contribution >= 0.6 is 0 Å². The average molecular weight is 254 g/mol. The van der Waals surface area contributed by atoms with Gasteiger partial charge in [-0.05, 0) is 46.7 Å². The molecule has 0 saturated heterocycles. The van der Waals surface area contributed by atoms with Crippen LogP contribution in [0.3, 0.4) is 0 Å². The second-order valence-electron chi connectivity index (χ2n) is 4.58. The molecule has 0 unspecified atom stereocenters. The van der Waals surface area contributed by atoms with Crippen molar-refractivity contribution in [3.8, 4) is 11.8 Å². The minimum Gasteiger partial charge on any atom is -0.0696 e. The fraction of sp³-hybridized carbons (Fsp3) is 0. The van der Waals surface area contributed by atoms with E-state index in [4.69, 9.17) is 0 Å². The fourth-order valence-electron chi connectivity index (χ4n) is 2.10. The molecular weight excluding hydrogens is 240 g/mol. The lowest BCUT2D eigenvalue weighted by atomic mass is 10.1. The fourth-order valence-corrected chi connectivity index (χ4v) is 2.10. The first-order chi connectivity index (χ1) is 9.92. The summed E-state index contributed by atoms with van der Waals surface area (Å²) in [5.41, 5.74) is 2.21. The summed E-state index contributed by atoms with van der Waals surface area (Å²) in [4.78, 5) is 0. The summed E-state index contributed by atoms with van der Waals surface area (Å²) < 4.78 is 0. The zero-order chi connectivity index (χ0) is 13.6. The van der Waals surface area contributed by atoms with Gasteiger partial charge in [0.15, 0.2) is 0 Å². The molecule has 0 aliphatic heterocycles. The molecule has 0 amide bonds.